The minimum atomic E-state index is 0.162. The molecule has 1 aliphatic carbocycles. The molecular formula is C13H19N2O3+. The van der Waals surface area contributed by atoms with Crippen LogP contribution >= 0.6 is 0 Å². The van der Waals surface area contributed by atoms with E-state index in [2.05, 4.69) is 11.9 Å². The molecule has 0 radical (unpaired) electrons. The molecule has 0 aliphatic heterocycles. The quantitative estimate of drug-likeness (QED) is 0.674. The van der Waals surface area contributed by atoms with Gasteiger partial charge in [0.15, 0.2) is 11.5 Å². The molecule has 2 rings (SSSR count). The number of rotatable bonds is 2. The van der Waals surface area contributed by atoms with Gasteiger partial charge in [-0.3, -0.25) is 9.78 Å². The van der Waals surface area contributed by atoms with Crippen molar-refractivity contribution in [1.82, 2.24) is 4.98 Å². The Morgan fingerprint density at radius 3 is 2.72 bits per heavy atom. The van der Waals surface area contributed by atoms with Crippen LogP contribution in [-0.4, -0.2) is 28.2 Å². The molecule has 1 aliphatic rings. The minimum absolute atomic E-state index is 0.162. The summed E-state index contributed by atoms with van der Waals surface area (Å²) in [4.78, 5) is 15.4. The zero-order valence-corrected chi connectivity index (χ0v) is 10.6. The first-order valence-corrected chi connectivity index (χ1v) is 5.80. The van der Waals surface area contributed by atoms with E-state index in [1.165, 1.54) is 0 Å². The van der Waals surface area contributed by atoms with Gasteiger partial charge in [0.05, 0.1) is 6.20 Å². The largest absolute Gasteiger partial charge is 0.400 e. The Morgan fingerprint density at radius 2 is 2.11 bits per heavy atom. The van der Waals surface area contributed by atoms with Crippen molar-refractivity contribution in [1.29, 1.82) is 0 Å². The van der Waals surface area contributed by atoms with Gasteiger partial charge in [0, 0.05) is 25.3 Å². The van der Waals surface area contributed by atoms with Crippen molar-refractivity contribution in [2.24, 2.45) is 5.92 Å². The SMILES string of the molecule is CC1CC(=O)C=C(c2ccncc2[NH2+]O)C1.CO. The smallest absolute Gasteiger partial charge is 0.187 e. The number of aliphatic hydroxyl groups is 1. The number of carbonyl (C=O) groups is 1. The highest BCUT2D eigenvalue weighted by molar-refractivity contribution is 5.99. The van der Waals surface area contributed by atoms with Crippen LogP contribution in [0.4, 0.5) is 5.69 Å². The molecule has 5 heteroatoms. The highest BCUT2D eigenvalue weighted by atomic mass is 16.5. The Kier molecular flexibility index (Phi) is 5.64. The lowest BCUT2D eigenvalue weighted by atomic mass is 9.86. The second kappa shape index (κ2) is 7.00. The van der Waals surface area contributed by atoms with E-state index in [0.29, 0.717) is 18.0 Å². The number of ketones is 1. The summed E-state index contributed by atoms with van der Waals surface area (Å²) in [5, 5.41) is 16.1. The molecule has 0 spiro atoms. The van der Waals surface area contributed by atoms with E-state index < -0.39 is 0 Å². The van der Waals surface area contributed by atoms with E-state index in [4.69, 9.17) is 10.3 Å². The van der Waals surface area contributed by atoms with Crippen LogP contribution in [0.1, 0.15) is 25.3 Å². The van der Waals surface area contributed by atoms with E-state index in [9.17, 15) is 4.79 Å². The molecule has 0 saturated heterocycles. The zero-order chi connectivity index (χ0) is 13.5. The van der Waals surface area contributed by atoms with E-state index in [1.54, 1.807) is 18.5 Å². The first kappa shape index (κ1) is 14.5. The first-order valence-electron chi connectivity index (χ1n) is 5.80. The summed E-state index contributed by atoms with van der Waals surface area (Å²) in [6, 6.07) is 1.83. The predicted molar refractivity (Wildman–Crippen MR) is 67.1 cm³/mol. The monoisotopic (exact) mass is 251 g/mol. The van der Waals surface area contributed by atoms with Gasteiger partial charge in [0.25, 0.3) is 0 Å². The fourth-order valence-corrected chi connectivity index (χ4v) is 2.09. The van der Waals surface area contributed by atoms with Crippen molar-refractivity contribution < 1.29 is 20.6 Å². The summed E-state index contributed by atoms with van der Waals surface area (Å²) in [5.74, 6) is 0.529. The third kappa shape index (κ3) is 3.46. The van der Waals surface area contributed by atoms with Crippen molar-refractivity contribution in [3.63, 3.8) is 0 Å². The van der Waals surface area contributed by atoms with Crippen LogP contribution < -0.4 is 5.48 Å². The third-order valence-electron chi connectivity index (χ3n) is 2.79. The first-order chi connectivity index (χ1) is 8.70. The zero-order valence-electron chi connectivity index (χ0n) is 10.6. The average Bonchev–Trinajstić information content (AvgIpc) is 2.40. The molecule has 0 aromatic carbocycles. The number of pyridine rings is 1. The molecule has 98 valence electrons. The Balaban J connectivity index is 0.000000771. The van der Waals surface area contributed by atoms with Crippen LogP contribution in [0.15, 0.2) is 24.5 Å². The molecule has 4 N–H and O–H groups in total. The summed E-state index contributed by atoms with van der Waals surface area (Å²) in [6.07, 6.45) is 6.44. The number of nitrogens with zero attached hydrogens (tertiary/aromatic N) is 1. The summed E-state index contributed by atoms with van der Waals surface area (Å²) < 4.78 is 0. The topological polar surface area (TPSA) is 87.0 Å². The van der Waals surface area contributed by atoms with Crippen molar-refractivity contribution in [2.45, 2.75) is 19.8 Å². The molecule has 5 nitrogen and oxygen atoms in total. The molecule has 0 saturated carbocycles. The van der Waals surface area contributed by atoms with Crippen molar-refractivity contribution in [3.8, 4) is 0 Å². The molecule has 0 fully saturated rings. The Labute approximate surface area is 106 Å². The maximum Gasteiger partial charge on any atom is 0.187 e. The van der Waals surface area contributed by atoms with Crippen molar-refractivity contribution in [2.75, 3.05) is 7.11 Å². The molecule has 0 bridgehead atoms. The number of hydrogen-bond donors (Lipinski definition) is 3. The molecule has 1 atom stereocenters. The number of aromatic nitrogens is 1. The molecule has 1 aromatic rings. The standard InChI is InChI=1S/C12H14N2O2.CH4O/c1-8-4-9(6-10(15)5-8)11-2-3-13-7-12(11)14-16;1-2/h2-3,6-8,14,16H,4-5H2,1H3;2H,1H3/p+1. The summed E-state index contributed by atoms with van der Waals surface area (Å²) in [6.45, 7) is 2.06. The van der Waals surface area contributed by atoms with E-state index in [1.807, 2.05) is 6.07 Å². The number of carbonyl (C=O) groups excluding carboxylic acids is 1. The van der Waals surface area contributed by atoms with Crippen LogP contribution in [0, 0.1) is 5.92 Å². The van der Waals surface area contributed by atoms with Gasteiger partial charge in [-0.25, -0.2) is 5.21 Å². The Bertz CT molecular complexity index is 444. The molecule has 1 unspecified atom stereocenters. The summed E-state index contributed by atoms with van der Waals surface area (Å²) >= 11 is 0. The number of hydrogen-bond acceptors (Lipinski definition) is 4. The maximum absolute atomic E-state index is 11.5. The fourth-order valence-electron chi connectivity index (χ4n) is 2.09. The maximum atomic E-state index is 11.5. The van der Waals surface area contributed by atoms with Gasteiger partial charge in [0.2, 0.25) is 0 Å². The highest BCUT2D eigenvalue weighted by Crippen LogP contribution is 2.31. The second-order valence-corrected chi connectivity index (χ2v) is 4.24. The second-order valence-electron chi connectivity index (χ2n) is 4.24. The van der Waals surface area contributed by atoms with Crippen LogP contribution in [0.5, 0.6) is 0 Å². The molecule has 18 heavy (non-hydrogen) atoms. The Hall–Kier alpha value is -1.56. The van der Waals surface area contributed by atoms with Crippen LogP contribution in [0.2, 0.25) is 0 Å². The fraction of sp³-hybridized carbons (Fsp3) is 0.385. The van der Waals surface area contributed by atoms with E-state index >= 15 is 0 Å². The van der Waals surface area contributed by atoms with Gasteiger partial charge >= 0.3 is 0 Å². The third-order valence-corrected chi connectivity index (χ3v) is 2.79. The summed E-state index contributed by atoms with van der Waals surface area (Å²) in [5.41, 5.74) is 3.59. The lowest BCUT2D eigenvalue weighted by Crippen LogP contribution is -2.74. The van der Waals surface area contributed by atoms with Gasteiger partial charge in [-0.2, -0.15) is 5.48 Å². The predicted octanol–water partition coefficient (Wildman–Crippen LogP) is 0.657. The molecule has 0 amide bonds. The Morgan fingerprint density at radius 1 is 1.39 bits per heavy atom. The van der Waals surface area contributed by atoms with Crippen molar-refractivity contribution >= 4 is 17.0 Å². The lowest BCUT2D eigenvalue weighted by molar-refractivity contribution is -0.826. The lowest BCUT2D eigenvalue weighted by Gasteiger charge is -2.18. The van der Waals surface area contributed by atoms with E-state index in [0.717, 1.165) is 30.1 Å². The molecule has 1 heterocycles. The van der Waals surface area contributed by atoms with Crippen LogP contribution in [-0.2, 0) is 4.79 Å². The molecular weight excluding hydrogens is 232 g/mol. The highest BCUT2D eigenvalue weighted by Gasteiger charge is 2.20. The summed E-state index contributed by atoms with van der Waals surface area (Å²) in [7, 11) is 1.00. The van der Waals surface area contributed by atoms with Crippen LogP contribution in [0.25, 0.3) is 5.57 Å². The van der Waals surface area contributed by atoms with Gasteiger partial charge in [-0.05, 0) is 30.1 Å². The van der Waals surface area contributed by atoms with Crippen LogP contribution in [0.3, 0.4) is 0 Å². The van der Waals surface area contributed by atoms with E-state index in [-0.39, 0.29) is 5.78 Å². The number of quaternary nitrogens is 1. The normalized spacial score (nSPS) is 18.8. The van der Waals surface area contributed by atoms with Gasteiger partial charge < -0.3 is 5.11 Å². The number of aliphatic hydroxyl groups excluding tert-OH is 1. The number of allylic oxidation sites excluding steroid dienone is 2. The minimum Gasteiger partial charge on any atom is -0.400 e. The van der Waals surface area contributed by atoms with Gasteiger partial charge in [0.1, 0.15) is 0 Å². The van der Waals surface area contributed by atoms with Crippen molar-refractivity contribution in [3.05, 3.63) is 30.1 Å². The average molecular weight is 251 g/mol. The molecule has 1 aromatic heterocycles. The van der Waals surface area contributed by atoms with Gasteiger partial charge in [-0.15, -0.1) is 0 Å². The number of nitrogens with two attached hydrogens (primary N) is 1. The van der Waals surface area contributed by atoms with Gasteiger partial charge in [-0.1, -0.05) is 6.92 Å².